The number of hydrogen-bond acceptors (Lipinski definition) is 3. The van der Waals surface area contributed by atoms with Gasteiger partial charge in [0, 0.05) is 0 Å². The Morgan fingerprint density at radius 1 is 0.733 bits per heavy atom. The molecule has 5 rings (SSSR count). The second kappa shape index (κ2) is 2.67. The van der Waals surface area contributed by atoms with Crippen LogP contribution in [0, 0.1) is 0 Å². The van der Waals surface area contributed by atoms with E-state index < -0.39 is 11.9 Å². The zero-order valence-corrected chi connectivity index (χ0v) is 7.69. The van der Waals surface area contributed by atoms with E-state index in [1.165, 1.54) is 0 Å². The fourth-order valence-corrected chi connectivity index (χ4v) is 1.70. The van der Waals surface area contributed by atoms with E-state index in [2.05, 4.69) is 4.74 Å². The Morgan fingerprint density at radius 3 is 1.67 bits per heavy atom. The molecule has 0 N–H and O–H groups in total. The van der Waals surface area contributed by atoms with E-state index in [4.69, 9.17) is 0 Å². The van der Waals surface area contributed by atoms with Gasteiger partial charge in [0.05, 0.1) is 11.1 Å². The predicted molar refractivity (Wildman–Crippen MR) is 53.7 cm³/mol. The standard InChI is InChI=1S/C12H6O3/c13-11-9-3-1-7-5-10(12(14)15-11)4-2-8(7)6-9/h1-6H. The zero-order chi connectivity index (χ0) is 10.4. The summed E-state index contributed by atoms with van der Waals surface area (Å²) in [5.41, 5.74) is 0.812. The van der Waals surface area contributed by atoms with Crippen molar-refractivity contribution in [1.82, 2.24) is 0 Å². The molecule has 2 aromatic carbocycles. The van der Waals surface area contributed by atoms with Crippen LogP contribution in [0.4, 0.5) is 0 Å². The second-order valence-corrected chi connectivity index (χ2v) is 3.45. The van der Waals surface area contributed by atoms with Crippen LogP contribution < -0.4 is 0 Å². The lowest BCUT2D eigenvalue weighted by atomic mass is 10.1. The van der Waals surface area contributed by atoms with Crippen molar-refractivity contribution in [3.8, 4) is 0 Å². The van der Waals surface area contributed by atoms with Gasteiger partial charge in [-0.1, -0.05) is 12.1 Å². The Kier molecular flexibility index (Phi) is 1.45. The van der Waals surface area contributed by atoms with Crippen LogP contribution in [0.3, 0.4) is 0 Å². The van der Waals surface area contributed by atoms with Gasteiger partial charge in [0.15, 0.2) is 0 Å². The van der Waals surface area contributed by atoms with E-state index in [1.807, 2.05) is 12.1 Å². The molecule has 0 radical (unpaired) electrons. The number of carbonyl (C=O) groups excluding carboxylic acids is 2. The molecule has 0 atom stereocenters. The first-order valence-electron chi connectivity index (χ1n) is 4.54. The maximum atomic E-state index is 11.5. The van der Waals surface area contributed by atoms with Crippen LogP contribution in [0.25, 0.3) is 10.8 Å². The van der Waals surface area contributed by atoms with Gasteiger partial charge >= 0.3 is 11.9 Å². The van der Waals surface area contributed by atoms with E-state index in [-0.39, 0.29) is 0 Å². The second-order valence-electron chi connectivity index (χ2n) is 3.45. The third-order valence-electron chi connectivity index (χ3n) is 2.50. The number of hydrogen-bond donors (Lipinski definition) is 0. The van der Waals surface area contributed by atoms with E-state index in [0.29, 0.717) is 11.1 Å². The summed E-state index contributed by atoms with van der Waals surface area (Å²) in [6.07, 6.45) is 0. The quantitative estimate of drug-likeness (QED) is 0.481. The highest BCUT2D eigenvalue weighted by atomic mass is 16.6. The van der Waals surface area contributed by atoms with Crippen LogP contribution in [-0.4, -0.2) is 11.9 Å². The first-order chi connectivity index (χ1) is 7.24. The van der Waals surface area contributed by atoms with Crippen molar-refractivity contribution in [3.63, 3.8) is 0 Å². The van der Waals surface area contributed by atoms with Crippen molar-refractivity contribution < 1.29 is 14.3 Å². The molecule has 0 aromatic heterocycles. The summed E-state index contributed by atoms with van der Waals surface area (Å²) in [6, 6.07) is 10.4. The topological polar surface area (TPSA) is 43.4 Å². The molecule has 3 heterocycles. The average molecular weight is 198 g/mol. The van der Waals surface area contributed by atoms with Crippen molar-refractivity contribution in [2.24, 2.45) is 0 Å². The lowest BCUT2D eigenvalue weighted by Gasteiger charge is -1.98. The highest BCUT2D eigenvalue weighted by molar-refractivity contribution is 6.07. The highest BCUT2D eigenvalue weighted by Gasteiger charge is 2.18. The summed E-state index contributed by atoms with van der Waals surface area (Å²) in [5.74, 6) is -1.19. The molecule has 3 aliphatic heterocycles. The molecule has 0 saturated carbocycles. The molecular formula is C12H6O3. The summed E-state index contributed by atoms with van der Waals surface area (Å²) in [5, 5.41) is 1.87. The van der Waals surface area contributed by atoms with Crippen LogP contribution in [0.15, 0.2) is 36.4 Å². The van der Waals surface area contributed by atoms with Crippen LogP contribution in [0.2, 0.25) is 0 Å². The largest absolute Gasteiger partial charge is 0.386 e. The molecule has 0 amide bonds. The van der Waals surface area contributed by atoms with Crippen molar-refractivity contribution in [1.29, 1.82) is 0 Å². The molecule has 3 heteroatoms. The molecule has 72 valence electrons. The molecule has 0 saturated heterocycles. The Bertz CT molecular complexity index is 546. The van der Waals surface area contributed by atoms with Gasteiger partial charge in [-0.25, -0.2) is 9.59 Å². The van der Waals surface area contributed by atoms with E-state index >= 15 is 0 Å². The number of ether oxygens (including phenoxy) is 1. The summed E-state index contributed by atoms with van der Waals surface area (Å²) in [6.45, 7) is 0. The minimum Gasteiger partial charge on any atom is -0.386 e. The van der Waals surface area contributed by atoms with Crippen molar-refractivity contribution >= 4 is 22.7 Å². The fraction of sp³-hybridized carbons (Fsp3) is 0. The molecule has 0 spiro atoms. The third-order valence-corrected chi connectivity index (χ3v) is 2.50. The average Bonchev–Trinajstić information content (AvgIpc) is 2.36. The van der Waals surface area contributed by atoms with E-state index in [9.17, 15) is 9.59 Å². The van der Waals surface area contributed by atoms with Crippen molar-refractivity contribution in [2.75, 3.05) is 0 Å². The summed E-state index contributed by atoms with van der Waals surface area (Å²) in [7, 11) is 0. The lowest BCUT2D eigenvalue weighted by Crippen LogP contribution is -2.11. The zero-order valence-electron chi connectivity index (χ0n) is 7.69. The van der Waals surface area contributed by atoms with Crippen molar-refractivity contribution in [2.45, 2.75) is 0 Å². The van der Waals surface area contributed by atoms with Gasteiger partial charge in [0.25, 0.3) is 0 Å². The molecule has 0 unspecified atom stereocenters. The summed E-state index contributed by atoms with van der Waals surface area (Å²) in [4.78, 5) is 22.9. The molecule has 2 aromatic rings. The van der Waals surface area contributed by atoms with E-state index in [1.54, 1.807) is 24.3 Å². The number of esters is 2. The number of rotatable bonds is 0. The molecular weight excluding hydrogens is 192 g/mol. The van der Waals surface area contributed by atoms with Crippen LogP contribution in [0.1, 0.15) is 20.7 Å². The SMILES string of the molecule is O=C1OC(=O)c2ccc3cc1ccc3c2. The van der Waals surface area contributed by atoms with Gasteiger partial charge in [0.1, 0.15) is 0 Å². The van der Waals surface area contributed by atoms with Gasteiger partial charge in [-0.15, -0.1) is 0 Å². The van der Waals surface area contributed by atoms with Crippen LogP contribution in [0.5, 0.6) is 0 Å². The number of benzene rings is 2. The minimum absolute atomic E-state index is 0.406. The Labute approximate surface area is 85.3 Å². The van der Waals surface area contributed by atoms with Crippen LogP contribution in [-0.2, 0) is 4.74 Å². The van der Waals surface area contributed by atoms with Crippen LogP contribution >= 0.6 is 0 Å². The lowest BCUT2D eigenvalue weighted by molar-refractivity contribution is 0.0398. The maximum Gasteiger partial charge on any atom is 0.346 e. The third kappa shape index (κ3) is 1.13. The van der Waals surface area contributed by atoms with E-state index in [0.717, 1.165) is 10.8 Å². The van der Waals surface area contributed by atoms with Gasteiger partial charge in [0.2, 0.25) is 0 Å². The highest BCUT2D eigenvalue weighted by Crippen LogP contribution is 2.21. The molecule has 0 fully saturated rings. The Hall–Kier alpha value is -2.16. The number of carbonyl (C=O) groups is 2. The fourth-order valence-electron chi connectivity index (χ4n) is 1.70. The number of fused-ring (bicyclic) bond motifs is 2. The Balaban J connectivity index is 2.46. The van der Waals surface area contributed by atoms with Gasteiger partial charge in [-0.05, 0) is 35.0 Å². The van der Waals surface area contributed by atoms with Gasteiger partial charge in [-0.3, -0.25) is 0 Å². The monoisotopic (exact) mass is 198 g/mol. The van der Waals surface area contributed by atoms with Gasteiger partial charge in [-0.2, -0.15) is 0 Å². The predicted octanol–water partition coefficient (Wildman–Crippen LogP) is 2.15. The normalized spacial score (nSPS) is 14.1. The molecule has 15 heavy (non-hydrogen) atoms. The maximum absolute atomic E-state index is 11.5. The smallest absolute Gasteiger partial charge is 0.346 e. The Morgan fingerprint density at radius 2 is 1.20 bits per heavy atom. The first-order valence-corrected chi connectivity index (χ1v) is 4.54. The molecule has 0 aliphatic carbocycles. The summed E-state index contributed by atoms with van der Waals surface area (Å²) >= 11 is 0. The van der Waals surface area contributed by atoms with Crippen molar-refractivity contribution in [3.05, 3.63) is 47.5 Å². The first kappa shape index (κ1) is 8.17. The summed E-state index contributed by atoms with van der Waals surface area (Å²) < 4.78 is 4.69. The molecule has 3 aliphatic rings. The molecule has 4 bridgehead atoms. The molecule has 3 nitrogen and oxygen atoms in total. The van der Waals surface area contributed by atoms with Gasteiger partial charge < -0.3 is 4.74 Å². The minimum atomic E-state index is -0.593.